The van der Waals surface area contributed by atoms with Crippen LogP contribution >= 0.6 is 0 Å². The highest BCUT2D eigenvalue weighted by Crippen LogP contribution is 2.36. The van der Waals surface area contributed by atoms with E-state index < -0.39 is 11.5 Å². The molecule has 0 aromatic carbocycles. The van der Waals surface area contributed by atoms with Gasteiger partial charge < -0.3 is 10.4 Å². The molecule has 0 aromatic heterocycles. The van der Waals surface area contributed by atoms with Crippen LogP contribution in [0, 0.1) is 5.92 Å². The molecule has 0 aromatic rings. The summed E-state index contributed by atoms with van der Waals surface area (Å²) in [6.07, 6.45) is 0.542. The molecule has 0 saturated heterocycles. The number of amides is 1. The zero-order valence-corrected chi connectivity index (χ0v) is 10.4. The molecule has 0 atom stereocenters. The lowest BCUT2D eigenvalue weighted by Crippen LogP contribution is -2.47. The van der Waals surface area contributed by atoms with Crippen LogP contribution in [-0.4, -0.2) is 29.1 Å². The zero-order valence-electron chi connectivity index (χ0n) is 10.4. The van der Waals surface area contributed by atoms with Gasteiger partial charge in [0.05, 0.1) is 0 Å². The summed E-state index contributed by atoms with van der Waals surface area (Å²) in [5.74, 6) is -3.08. The fourth-order valence-electron chi connectivity index (χ4n) is 2.08. The van der Waals surface area contributed by atoms with E-state index in [4.69, 9.17) is 5.11 Å². The summed E-state index contributed by atoms with van der Waals surface area (Å²) in [7, 11) is 0. The Balaban J connectivity index is 2.44. The van der Waals surface area contributed by atoms with Crippen molar-refractivity contribution < 1.29 is 18.7 Å². The van der Waals surface area contributed by atoms with E-state index in [1.54, 1.807) is 0 Å². The van der Waals surface area contributed by atoms with Crippen molar-refractivity contribution >= 4 is 5.91 Å². The fourth-order valence-corrected chi connectivity index (χ4v) is 2.08. The van der Waals surface area contributed by atoms with Gasteiger partial charge in [-0.1, -0.05) is 0 Å². The Morgan fingerprint density at radius 2 is 1.94 bits per heavy atom. The number of rotatable bonds is 4. The van der Waals surface area contributed by atoms with E-state index in [0.29, 0.717) is 6.42 Å². The normalized spacial score (nSPS) is 21.2. The smallest absolute Gasteiger partial charge is 0.248 e. The first kappa shape index (κ1) is 14.4. The summed E-state index contributed by atoms with van der Waals surface area (Å²) in [5.41, 5.74) is -0.480. The van der Waals surface area contributed by atoms with Crippen molar-refractivity contribution in [3.8, 4) is 0 Å². The summed E-state index contributed by atoms with van der Waals surface area (Å²) >= 11 is 0. The van der Waals surface area contributed by atoms with Crippen LogP contribution in [0.3, 0.4) is 0 Å². The maximum Gasteiger partial charge on any atom is 0.248 e. The lowest BCUT2D eigenvalue weighted by Gasteiger charge is -2.31. The zero-order chi connectivity index (χ0) is 13.1. The molecule has 0 radical (unpaired) electrons. The lowest BCUT2D eigenvalue weighted by molar-refractivity contribution is -0.130. The first-order valence-corrected chi connectivity index (χ1v) is 6.06. The first-order valence-electron chi connectivity index (χ1n) is 6.06. The van der Waals surface area contributed by atoms with Crippen molar-refractivity contribution in [3.05, 3.63) is 0 Å². The lowest BCUT2D eigenvalue weighted by atomic mass is 9.85. The van der Waals surface area contributed by atoms with Crippen molar-refractivity contribution in [2.45, 2.75) is 57.4 Å². The Bertz CT molecular complexity index is 270. The molecule has 1 fully saturated rings. The van der Waals surface area contributed by atoms with Gasteiger partial charge in [0.2, 0.25) is 11.8 Å². The van der Waals surface area contributed by atoms with Crippen LogP contribution in [-0.2, 0) is 4.79 Å². The largest absolute Gasteiger partial charge is 0.396 e. The average Bonchev–Trinajstić information content (AvgIpc) is 2.16. The first-order chi connectivity index (χ1) is 7.76. The molecule has 0 heterocycles. The third kappa shape index (κ3) is 4.58. The van der Waals surface area contributed by atoms with Crippen LogP contribution < -0.4 is 5.32 Å². The Morgan fingerprint density at radius 3 is 2.41 bits per heavy atom. The molecule has 1 saturated carbocycles. The van der Waals surface area contributed by atoms with Crippen LogP contribution in [0.25, 0.3) is 0 Å². The minimum absolute atomic E-state index is 0.00395. The number of alkyl halides is 2. The van der Waals surface area contributed by atoms with Gasteiger partial charge in [-0.25, -0.2) is 8.78 Å². The highest BCUT2D eigenvalue weighted by Gasteiger charge is 2.38. The van der Waals surface area contributed by atoms with E-state index in [9.17, 15) is 13.6 Å². The third-order valence-electron chi connectivity index (χ3n) is 3.29. The number of carbonyl (C=O) groups is 1. The molecule has 0 aliphatic heterocycles. The Labute approximate surface area is 101 Å². The number of halogens is 2. The second kappa shape index (κ2) is 5.29. The van der Waals surface area contributed by atoms with Gasteiger partial charge in [-0.05, 0) is 33.1 Å². The number of hydrogen-bond acceptors (Lipinski definition) is 2. The second-order valence-corrected chi connectivity index (χ2v) is 5.48. The predicted molar refractivity (Wildman–Crippen MR) is 60.8 cm³/mol. The Hall–Kier alpha value is -0.710. The number of aliphatic hydroxyl groups excluding tert-OH is 1. The topological polar surface area (TPSA) is 49.3 Å². The van der Waals surface area contributed by atoms with E-state index in [1.807, 2.05) is 13.8 Å². The molecule has 2 N–H and O–H groups in total. The summed E-state index contributed by atoms with van der Waals surface area (Å²) in [6.45, 7) is 3.63. The van der Waals surface area contributed by atoms with Crippen LogP contribution in [0.5, 0.6) is 0 Å². The highest BCUT2D eigenvalue weighted by atomic mass is 19.3. The second-order valence-electron chi connectivity index (χ2n) is 5.48. The Morgan fingerprint density at radius 1 is 1.41 bits per heavy atom. The van der Waals surface area contributed by atoms with Crippen LogP contribution in [0.4, 0.5) is 8.78 Å². The molecule has 3 nitrogen and oxygen atoms in total. The van der Waals surface area contributed by atoms with Crippen molar-refractivity contribution in [1.82, 2.24) is 5.32 Å². The van der Waals surface area contributed by atoms with Crippen molar-refractivity contribution in [1.29, 1.82) is 0 Å². The molecule has 5 heteroatoms. The quantitative estimate of drug-likeness (QED) is 0.801. The van der Waals surface area contributed by atoms with Gasteiger partial charge in [-0.15, -0.1) is 0 Å². The Kier molecular flexibility index (Phi) is 4.47. The summed E-state index contributed by atoms with van der Waals surface area (Å²) in [6, 6.07) is 0. The molecule has 1 amide bonds. The third-order valence-corrected chi connectivity index (χ3v) is 3.29. The van der Waals surface area contributed by atoms with Crippen LogP contribution in [0.2, 0.25) is 0 Å². The van der Waals surface area contributed by atoms with Gasteiger partial charge in [0.15, 0.2) is 0 Å². The van der Waals surface area contributed by atoms with Crippen LogP contribution in [0.15, 0.2) is 0 Å². The molecule has 0 unspecified atom stereocenters. The van der Waals surface area contributed by atoms with E-state index in [-0.39, 0.29) is 44.1 Å². The maximum atomic E-state index is 12.9. The summed E-state index contributed by atoms with van der Waals surface area (Å²) < 4.78 is 25.9. The van der Waals surface area contributed by atoms with Crippen molar-refractivity contribution in [2.24, 2.45) is 5.92 Å². The highest BCUT2D eigenvalue weighted by molar-refractivity contribution is 5.79. The molecular weight excluding hydrogens is 228 g/mol. The maximum absolute atomic E-state index is 12.9. The van der Waals surface area contributed by atoms with E-state index in [2.05, 4.69) is 5.32 Å². The van der Waals surface area contributed by atoms with E-state index in [1.165, 1.54) is 0 Å². The molecule has 1 aliphatic rings. The minimum atomic E-state index is -2.60. The molecule has 17 heavy (non-hydrogen) atoms. The molecule has 0 bridgehead atoms. The molecule has 1 rings (SSSR count). The van der Waals surface area contributed by atoms with Crippen molar-refractivity contribution in [3.63, 3.8) is 0 Å². The molecule has 100 valence electrons. The van der Waals surface area contributed by atoms with E-state index in [0.717, 1.165) is 0 Å². The molecule has 0 spiro atoms. The van der Waals surface area contributed by atoms with Gasteiger partial charge in [0.25, 0.3) is 0 Å². The SMILES string of the molecule is CC(C)(CCO)NC(=O)C1CCC(F)(F)CC1. The fraction of sp³-hybridized carbons (Fsp3) is 0.917. The minimum Gasteiger partial charge on any atom is -0.396 e. The summed E-state index contributed by atoms with van der Waals surface area (Å²) in [5, 5.41) is 11.7. The number of nitrogens with one attached hydrogen (secondary N) is 1. The molecular formula is C12H21F2NO2. The monoisotopic (exact) mass is 249 g/mol. The number of carbonyl (C=O) groups excluding carboxylic acids is 1. The summed E-state index contributed by atoms with van der Waals surface area (Å²) in [4.78, 5) is 11.9. The van der Waals surface area contributed by atoms with Crippen molar-refractivity contribution in [2.75, 3.05) is 6.61 Å². The van der Waals surface area contributed by atoms with Crippen LogP contribution in [0.1, 0.15) is 46.0 Å². The van der Waals surface area contributed by atoms with Gasteiger partial charge in [0, 0.05) is 30.9 Å². The molecule has 1 aliphatic carbocycles. The van der Waals surface area contributed by atoms with Gasteiger partial charge in [-0.2, -0.15) is 0 Å². The number of aliphatic hydroxyl groups is 1. The van der Waals surface area contributed by atoms with Gasteiger partial charge >= 0.3 is 0 Å². The average molecular weight is 249 g/mol. The predicted octanol–water partition coefficient (Wildman–Crippen LogP) is 2.09. The van der Waals surface area contributed by atoms with E-state index >= 15 is 0 Å². The standard InChI is InChI=1S/C12H21F2NO2/c1-11(2,7-8-16)15-10(17)9-3-5-12(13,14)6-4-9/h9,16H,3-8H2,1-2H3,(H,15,17). The van der Waals surface area contributed by atoms with Gasteiger partial charge in [0.1, 0.15) is 0 Å². The van der Waals surface area contributed by atoms with Gasteiger partial charge in [-0.3, -0.25) is 4.79 Å². The number of hydrogen-bond donors (Lipinski definition) is 2.